The van der Waals surface area contributed by atoms with Crippen LogP contribution in [0, 0.1) is 11.8 Å². The zero-order valence-corrected chi connectivity index (χ0v) is 7.73. The summed E-state index contributed by atoms with van der Waals surface area (Å²) in [6.07, 6.45) is 1.57. The van der Waals surface area contributed by atoms with E-state index in [0.717, 1.165) is 0 Å². The molecule has 1 aromatic rings. The van der Waals surface area contributed by atoms with Gasteiger partial charge in [-0.25, -0.2) is 4.79 Å². The number of methoxy groups -OCH3 is 1. The Morgan fingerprint density at radius 2 is 2.57 bits per heavy atom. The SMILES string of the molecule is COCCn1nccc1C#CC(=O)O. The van der Waals surface area contributed by atoms with Crippen LogP contribution in [0.5, 0.6) is 0 Å². The van der Waals surface area contributed by atoms with Crippen molar-refractivity contribution in [1.82, 2.24) is 9.78 Å². The van der Waals surface area contributed by atoms with Gasteiger partial charge in [-0.3, -0.25) is 4.68 Å². The first-order valence-electron chi connectivity index (χ1n) is 3.99. The molecule has 5 nitrogen and oxygen atoms in total. The lowest BCUT2D eigenvalue weighted by Crippen LogP contribution is -2.07. The molecule has 0 amide bonds. The van der Waals surface area contributed by atoms with E-state index in [-0.39, 0.29) is 0 Å². The molecule has 0 aliphatic rings. The molecule has 0 saturated carbocycles. The largest absolute Gasteiger partial charge is 0.472 e. The lowest BCUT2D eigenvalue weighted by molar-refractivity contribution is -0.130. The van der Waals surface area contributed by atoms with Gasteiger partial charge >= 0.3 is 5.97 Å². The molecule has 0 bridgehead atoms. The van der Waals surface area contributed by atoms with Gasteiger partial charge in [-0.2, -0.15) is 5.10 Å². The van der Waals surface area contributed by atoms with Crippen molar-refractivity contribution in [3.63, 3.8) is 0 Å². The Balaban J connectivity index is 2.73. The number of carbonyl (C=O) groups is 1. The third-order valence-electron chi connectivity index (χ3n) is 1.52. The molecule has 0 aliphatic heterocycles. The molecule has 0 atom stereocenters. The minimum Gasteiger partial charge on any atom is -0.472 e. The summed E-state index contributed by atoms with van der Waals surface area (Å²) in [5.41, 5.74) is 0.574. The molecule has 0 radical (unpaired) electrons. The zero-order chi connectivity index (χ0) is 10.4. The van der Waals surface area contributed by atoms with E-state index in [0.29, 0.717) is 18.8 Å². The minimum atomic E-state index is -1.15. The van der Waals surface area contributed by atoms with Crippen LogP contribution in [0.15, 0.2) is 12.3 Å². The summed E-state index contributed by atoms with van der Waals surface area (Å²) >= 11 is 0. The Labute approximate surface area is 81.3 Å². The fourth-order valence-corrected chi connectivity index (χ4v) is 0.912. The molecule has 1 rings (SSSR count). The molecular weight excluding hydrogens is 184 g/mol. The highest BCUT2D eigenvalue weighted by atomic mass is 16.5. The summed E-state index contributed by atoms with van der Waals surface area (Å²) in [4.78, 5) is 10.2. The quantitative estimate of drug-likeness (QED) is 0.686. The number of carboxylic acid groups (broad SMARTS) is 1. The van der Waals surface area contributed by atoms with E-state index in [2.05, 4.69) is 11.0 Å². The van der Waals surface area contributed by atoms with Crippen LogP contribution in [0.2, 0.25) is 0 Å². The first-order chi connectivity index (χ1) is 6.74. The average molecular weight is 194 g/mol. The van der Waals surface area contributed by atoms with E-state index in [1.54, 1.807) is 24.1 Å². The Morgan fingerprint density at radius 3 is 3.21 bits per heavy atom. The highest BCUT2D eigenvalue weighted by Gasteiger charge is 1.98. The summed E-state index contributed by atoms with van der Waals surface area (Å²) in [6.45, 7) is 1.08. The normalized spacial score (nSPS) is 9.21. The fourth-order valence-electron chi connectivity index (χ4n) is 0.912. The predicted molar refractivity (Wildman–Crippen MR) is 48.6 cm³/mol. The van der Waals surface area contributed by atoms with Crippen LogP contribution in [0.4, 0.5) is 0 Å². The maximum atomic E-state index is 10.2. The summed E-state index contributed by atoms with van der Waals surface area (Å²) in [6, 6.07) is 1.66. The van der Waals surface area contributed by atoms with Crippen molar-refractivity contribution >= 4 is 5.97 Å². The van der Waals surface area contributed by atoms with Crippen LogP contribution in [-0.2, 0) is 16.1 Å². The van der Waals surface area contributed by atoms with Gasteiger partial charge in [0.2, 0.25) is 0 Å². The molecule has 14 heavy (non-hydrogen) atoms. The maximum Gasteiger partial charge on any atom is 0.382 e. The molecule has 1 aromatic heterocycles. The molecule has 1 heterocycles. The fraction of sp³-hybridized carbons (Fsp3) is 0.333. The second-order valence-corrected chi connectivity index (χ2v) is 2.49. The maximum absolute atomic E-state index is 10.2. The highest BCUT2D eigenvalue weighted by molar-refractivity contribution is 5.87. The van der Waals surface area contributed by atoms with Crippen molar-refractivity contribution < 1.29 is 14.6 Å². The Hall–Kier alpha value is -1.80. The number of ether oxygens (including phenoxy) is 1. The van der Waals surface area contributed by atoms with Gasteiger partial charge in [-0.05, 0) is 12.0 Å². The number of hydrogen-bond donors (Lipinski definition) is 1. The van der Waals surface area contributed by atoms with Gasteiger partial charge in [0.05, 0.1) is 19.3 Å². The summed E-state index contributed by atoms with van der Waals surface area (Å²) in [5.74, 6) is 3.38. The van der Waals surface area contributed by atoms with Crippen molar-refractivity contribution in [2.45, 2.75) is 6.54 Å². The van der Waals surface area contributed by atoms with Gasteiger partial charge in [0.1, 0.15) is 5.69 Å². The minimum absolute atomic E-state index is 0.517. The monoisotopic (exact) mass is 194 g/mol. The van der Waals surface area contributed by atoms with Gasteiger partial charge < -0.3 is 9.84 Å². The van der Waals surface area contributed by atoms with E-state index in [1.807, 2.05) is 5.92 Å². The third-order valence-corrected chi connectivity index (χ3v) is 1.52. The Bertz CT molecular complexity index is 373. The van der Waals surface area contributed by atoms with Crippen LogP contribution >= 0.6 is 0 Å². The van der Waals surface area contributed by atoms with Crippen molar-refractivity contribution in [2.75, 3.05) is 13.7 Å². The van der Waals surface area contributed by atoms with E-state index in [9.17, 15) is 4.79 Å². The van der Waals surface area contributed by atoms with Crippen LogP contribution in [0.25, 0.3) is 0 Å². The van der Waals surface area contributed by atoms with Crippen molar-refractivity contribution in [1.29, 1.82) is 0 Å². The molecule has 0 unspecified atom stereocenters. The number of aliphatic carboxylic acids is 1. The van der Waals surface area contributed by atoms with E-state index in [1.165, 1.54) is 0 Å². The first kappa shape index (κ1) is 10.3. The van der Waals surface area contributed by atoms with E-state index < -0.39 is 5.97 Å². The molecule has 0 fully saturated rings. The number of hydrogen-bond acceptors (Lipinski definition) is 3. The second-order valence-electron chi connectivity index (χ2n) is 2.49. The highest BCUT2D eigenvalue weighted by Crippen LogP contribution is 1.95. The zero-order valence-electron chi connectivity index (χ0n) is 7.73. The lowest BCUT2D eigenvalue weighted by atomic mass is 10.4. The van der Waals surface area contributed by atoms with Crippen LogP contribution in [0.1, 0.15) is 5.69 Å². The second kappa shape index (κ2) is 5.04. The van der Waals surface area contributed by atoms with Crippen molar-refractivity contribution in [2.24, 2.45) is 0 Å². The van der Waals surface area contributed by atoms with Gasteiger partial charge in [0, 0.05) is 13.0 Å². The van der Waals surface area contributed by atoms with Crippen molar-refractivity contribution in [3.05, 3.63) is 18.0 Å². The van der Waals surface area contributed by atoms with Gasteiger partial charge in [-0.1, -0.05) is 0 Å². The molecule has 0 spiro atoms. The lowest BCUT2D eigenvalue weighted by Gasteiger charge is -2.00. The van der Waals surface area contributed by atoms with Crippen LogP contribution in [0.3, 0.4) is 0 Å². The standard InChI is InChI=1S/C9H10N2O3/c1-14-7-6-11-8(4-5-10-11)2-3-9(12)13/h4-5H,6-7H2,1H3,(H,12,13). The number of rotatable bonds is 3. The molecule has 1 N–H and O–H groups in total. The molecular formula is C9H10N2O3. The van der Waals surface area contributed by atoms with Crippen LogP contribution < -0.4 is 0 Å². The first-order valence-corrected chi connectivity index (χ1v) is 3.99. The average Bonchev–Trinajstić information content (AvgIpc) is 2.58. The molecule has 5 heteroatoms. The molecule has 0 saturated heterocycles. The number of carboxylic acids is 1. The summed E-state index contributed by atoms with van der Waals surface area (Å²) in [5, 5.41) is 12.3. The van der Waals surface area contributed by atoms with E-state index >= 15 is 0 Å². The van der Waals surface area contributed by atoms with Gasteiger partial charge in [0.15, 0.2) is 0 Å². The summed E-state index contributed by atoms with van der Waals surface area (Å²) < 4.78 is 6.47. The topological polar surface area (TPSA) is 64.4 Å². The third kappa shape index (κ3) is 2.92. The summed E-state index contributed by atoms with van der Waals surface area (Å²) in [7, 11) is 1.59. The van der Waals surface area contributed by atoms with Gasteiger partial charge in [0.25, 0.3) is 0 Å². The van der Waals surface area contributed by atoms with Gasteiger partial charge in [-0.15, -0.1) is 0 Å². The predicted octanol–water partition coefficient (Wildman–Crippen LogP) is -0.0344. The number of nitrogens with zero attached hydrogens (tertiary/aromatic N) is 2. The Morgan fingerprint density at radius 1 is 1.79 bits per heavy atom. The number of aromatic nitrogens is 2. The van der Waals surface area contributed by atoms with Crippen molar-refractivity contribution in [3.8, 4) is 11.8 Å². The Kier molecular flexibility index (Phi) is 3.70. The molecule has 0 aromatic carbocycles. The molecule has 0 aliphatic carbocycles. The smallest absolute Gasteiger partial charge is 0.382 e. The molecule has 74 valence electrons. The van der Waals surface area contributed by atoms with Crippen LogP contribution in [-0.4, -0.2) is 34.6 Å². The van der Waals surface area contributed by atoms with E-state index in [4.69, 9.17) is 9.84 Å².